The van der Waals surface area contributed by atoms with Crippen LogP contribution in [0.1, 0.15) is 42.7 Å². The van der Waals surface area contributed by atoms with Crippen LogP contribution in [0.5, 0.6) is 5.75 Å². The smallest absolute Gasteiger partial charge is 0.357 e. The number of Topliss-reactive ketones (excluding diaryl/α,β-unsaturated/α-hetero) is 2. The number of amides is 1. The van der Waals surface area contributed by atoms with E-state index in [-0.39, 0.29) is 42.9 Å². The van der Waals surface area contributed by atoms with E-state index in [1.54, 1.807) is 72.4 Å². The number of hydrogen-bond donors (Lipinski definition) is 6. The lowest BCUT2D eigenvalue weighted by Crippen LogP contribution is -2.65. The zero-order valence-electron chi connectivity index (χ0n) is 31.6. The van der Waals surface area contributed by atoms with Crippen LogP contribution in [-0.2, 0) is 34.4 Å². The fourth-order valence-corrected chi connectivity index (χ4v) is 10.3. The molecule has 3 aromatic rings. The lowest BCUT2D eigenvalue weighted by Gasteiger charge is -2.50. The summed E-state index contributed by atoms with van der Waals surface area (Å²) in [7, 11) is 2.97. The van der Waals surface area contributed by atoms with Crippen LogP contribution < -0.4 is 16.0 Å². The number of primary amides is 1. The Labute approximate surface area is 319 Å². The summed E-state index contributed by atoms with van der Waals surface area (Å²) >= 11 is 0. The van der Waals surface area contributed by atoms with E-state index >= 15 is 0 Å². The van der Waals surface area contributed by atoms with E-state index in [1.807, 2.05) is 35.2 Å². The molecule has 0 aliphatic heterocycles. The lowest BCUT2D eigenvalue weighted by molar-refractivity contribution is -0.153. The first kappa shape index (κ1) is 39.7. The number of phenolic OH excluding ortho intramolecular Hbond substituents is 1. The summed E-state index contributed by atoms with van der Waals surface area (Å²) in [5.41, 5.74) is 4.85. The number of nitrogens with one attached hydrogen (secondary N) is 1. The Bertz CT molecular complexity index is 2140. The Morgan fingerprint density at radius 1 is 1.00 bits per heavy atom. The summed E-state index contributed by atoms with van der Waals surface area (Å²) in [4.78, 5) is 43.5. The monoisotopic (exact) mass is 774 g/mol. The normalized spacial score (nSPS) is 22.9. The first-order valence-corrected chi connectivity index (χ1v) is 19.6. The molecule has 14 nitrogen and oxygen atoms in total. The number of nitrogens with zero attached hydrogens (tertiary/aromatic N) is 2. The molecule has 6 rings (SSSR count). The van der Waals surface area contributed by atoms with Crippen LogP contribution in [-0.4, -0.2) is 95.8 Å². The first-order chi connectivity index (χ1) is 26.0. The van der Waals surface area contributed by atoms with E-state index in [0.29, 0.717) is 33.6 Å². The number of para-hydroxylation sites is 1. The number of likely N-dealkylation sites (N-methyl/N-ethyl adjacent to an activating group) is 1. The van der Waals surface area contributed by atoms with Gasteiger partial charge in [-0.3, -0.25) is 23.8 Å². The highest BCUT2D eigenvalue weighted by Gasteiger charge is 2.64. The van der Waals surface area contributed by atoms with Gasteiger partial charge in [0.1, 0.15) is 22.8 Å². The van der Waals surface area contributed by atoms with Gasteiger partial charge in [0.05, 0.1) is 24.8 Å². The van der Waals surface area contributed by atoms with Crippen molar-refractivity contribution in [3.63, 3.8) is 0 Å². The minimum atomic E-state index is -3.75. The number of aromatic hydroxyl groups is 1. The molecule has 55 heavy (non-hydrogen) atoms. The lowest BCUT2D eigenvalue weighted by atomic mass is 9.57. The Balaban J connectivity index is 1.48. The first-order valence-electron chi connectivity index (χ1n) is 18.0. The third-order valence-electron chi connectivity index (χ3n) is 10.7. The average molecular weight is 775 g/mol. The van der Waals surface area contributed by atoms with Crippen LogP contribution in [0.3, 0.4) is 0 Å². The van der Waals surface area contributed by atoms with Gasteiger partial charge in [0.15, 0.2) is 17.2 Å². The molecule has 1 amide bonds. The van der Waals surface area contributed by atoms with Crippen molar-refractivity contribution in [2.24, 2.45) is 17.6 Å². The summed E-state index contributed by atoms with van der Waals surface area (Å²) in [6.07, 6.45) is 0.125. The number of anilines is 2. The second-order valence-electron chi connectivity index (χ2n) is 14.4. The van der Waals surface area contributed by atoms with E-state index < -0.39 is 71.4 Å². The van der Waals surface area contributed by atoms with Crippen molar-refractivity contribution in [1.29, 1.82) is 0 Å². The fourth-order valence-electron chi connectivity index (χ4n) is 8.34. The standard InChI is InChI=1S/C40H47N4O10P/c1-7-53-55(52,54-8-2)39(42-24-12-10-9-11-13-24)22-16-14-21(15-17-22)25-20-28(43(3)4)26-18-23-19-27-32(44(5)6)35(47)31(38(41)50)37(49)40(27,51)36(48)29(23)34(46)30(26)33(25)45/h9-17,20,23,27,32,39,42,45-46,49,51H,7-8,18-19H2,1-6H3,(H2,41,50)/t23-,27-,32-,39?,40-/m0/s1. The quantitative estimate of drug-likeness (QED) is 0.105. The predicted molar refractivity (Wildman–Crippen MR) is 208 cm³/mol. The Kier molecular flexibility index (Phi) is 10.8. The van der Waals surface area contributed by atoms with Crippen molar-refractivity contribution in [3.8, 4) is 16.9 Å². The maximum atomic E-state index is 14.4. The van der Waals surface area contributed by atoms with Crippen molar-refractivity contribution >= 4 is 42.2 Å². The molecule has 1 saturated carbocycles. The van der Waals surface area contributed by atoms with Crippen molar-refractivity contribution in [1.82, 2.24) is 4.90 Å². The number of aliphatic hydroxyl groups excluding tert-OH is 2. The Morgan fingerprint density at radius 3 is 2.16 bits per heavy atom. The van der Waals surface area contributed by atoms with Crippen LogP contribution in [0.15, 0.2) is 77.6 Å². The van der Waals surface area contributed by atoms with Gasteiger partial charge in [-0.1, -0.05) is 42.5 Å². The molecule has 1 fully saturated rings. The van der Waals surface area contributed by atoms with E-state index in [2.05, 4.69) is 5.32 Å². The number of benzene rings is 3. The molecule has 3 aliphatic rings. The molecule has 3 aromatic carbocycles. The second kappa shape index (κ2) is 14.9. The van der Waals surface area contributed by atoms with Crippen LogP contribution in [0.4, 0.5) is 11.4 Å². The largest absolute Gasteiger partial charge is 0.508 e. The number of carbonyl (C=O) groups excluding carboxylic acids is 3. The molecule has 0 heterocycles. The molecule has 292 valence electrons. The van der Waals surface area contributed by atoms with Gasteiger partial charge in [-0.2, -0.15) is 0 Å². The van der Waals surface area contributed by atoms with Gasteiger partial charge in [0.25, 0.3) is 5.91 Å². The van der Waals surface area contributed by atoms with Gasteiger partial charge in [-0.25, -0.2) is 0 Å². The number of fused-ring (bicyclic) bond motifs is 3. The van der Waals surface area contributed by atoms with Crippen LogP contribution in [0.25, 0.3) is 16.9 Å². The van der Waals surface area contributed by atoms with E-state index in [9.17, 15) is 39.4 Å². The molecule has 7 N–H and O–H groups in total. The summed E-state index contributed by atoms with van der Waals surface area (Å²) in [6, 6.07) is 16.7. The average Bonchev–Trinajstić information content (AvgIpc) is 3.12. The number of aliphatic hydroxyl groups is 3. The molecule has 0 aromatic heterocycles. The van der Waals surface area contributed by atoms with Crippen molar-refractivity contribution in [2.75, 3.05) is 51.6 Å². The van der Waals surface area contributed by atoms with Crippen LogP contribution in [0.2, 0.25) is 0 Å². The maximum Gasteiger partial charge on any atom is 0.357 e. The SMILES string of the molecule is CCOP(=O)(OCC)C(Nc1ccccc1)c1ccc(-c2cc(N(C)C)c3c(c2O)C(O)=C2C(=O)[C@]4(O)C(O)=C(C(N)=O)C(=O)[C@@H](N(C)C)[C@@H]4C[C@@H]2C3)cc1. The van der Waals surface area contributed by atoms with Crippen LogP contribution in [0, 0.1) is 11.8 Å². The molecule has 1 unspecified atom stereocenters. The van der Waals surface area contributed by atoms with Gasteiger partial charge in [-0.05, 0) is 81.6 Å². The van der Waals surface area contributed by atoms with Gasteiger partial charge >= 0.3 is 7.60 Å². The molecule has 3 aliphatic carbocycles. The Hall–Kier alpha value is -4.98. The van der Waals surface area contributed by atoms with Gasteiger partial charge in [0, 0.05) is 42.5 Å². The van der Waals surface area contributed by atoms with E-state index in [0.717, 1.165) is 0 Å². The van der Waals surface area contributed by atoms with Gasteiger partial charge < -0.3 is 45.4 Å². The predicted octanol–water partition coefficient (Wildman–Crippen LogP) is 5.07. The highest BCUT2D eigenvalue weighted by molar-refractivity contribution is 7.54. The zero-order chi connectivity index (χ0) is 40.1. The highest BCUT2D eigenvalue weighted by Crippen LogP contribution is 2.61. The van der Waals surface area contributed by atoms with E-state index in [1.165, 1.54) is 4.90 Å². The summed E-state index contributed by atoms with van der Waals surface area (Å²) in [5, 5.41) is 50.4. The number of ketones is 2. The number of carbonyl (C=O) groups is 3. The highest BCUT2D eigenvalue weighted by atomic mass is 31.2. The molecule has 5 atom stereocenters. The van der Waals surface area contributed by atoms with Crippen molar-refractivity contribution < 1.29 is 48.4 Å². The Morgan fingerprint density at radius 2 is 1.62 bits per heavy atom. The van der Waals surface area contributed by atoms with E-state index in [4.69, 9.17) is 14.8 Å². The number of hydrogen-bond acceptors (Lipinski definition) is 13. The molecule has 0 saturated heterocycles. The summed E-state index contributed by atoms with van der Waals surface area (Å²) in [5.74, 6) is -8.05. The molecule has 0 bridgehead atoms. The zero-order valence-corrected chi connectivity index (χ0v) is 32.5. The number of nitrogens with two attached hydrogens (primary N) is 1. The fraction of sp³-hybridized carbons (Fsp3) is 0.375. The third-order valence-corrected chi connectivity index (χ3v) is 13.0. The van der Waals surface area contributed by atoms with Crippen molar-refractivity contribution in [3.05, 3.63) is 94.3 Å². The molecule has 0 radical (unpaired) electrons. The number of rotatable bonds is 12. The topological polar surface area (TPSA) is 212 Å². The third kappa shape index (κ3) is 6.51. The second-order valence-corrected chi connectivity index (χ2v) is 16.5. The summed E-state index contributed by atoms with van der Waals surface area (Å²) < 4.78 is 25.6. The van der Waals surface area contributed by atoms with Crippen molar-refractivity contribution in [2.45, 2.75) is 44.1 Å². The maximum absolute atomic E-state index is 14.4. The van der Waals surface area contributed by atoms with Gasteiger partial charge in [0.2, 0.25) is 5.78 Å². The molecular weight excluding hydrogens is 727 g/mol. The van der Waals surface area contributed by atoms with Gasteiger partial charge in [-0.15, -0.1) is 0 Å². The molecular formula is C40H47N4O10P. The summed E-state index contributed by atoms with van der Waals surface area (Å²) in [6.45, 7) is 3.76. The minimum absolute atomic E-state index is 0.0197. The molecule has 0 spiro atoms. The van der Waals surface area contributed by atoms with Crippen LogP contribution >= 0.6 is 7.60 Å². The molecule has 15 heteroatoms. The number of phenols is 1. The minimum Gasteiger partial charge on any atom is -0.508 e.